The predicted molar refractivity (Wildman–Crippen MR) is 122 cm³/mol. The Labute approximate surface area is 190 Å². The van der Waals surface area contributed by atoms with Gasteiger partial charge >= 0.3 is 0 Å². The molecule has 0 bridgehead atoms. The van der Waals surface area contributed by atoms with E-state index in [0.717, 1.165) is 12.0 Å². The molecular formula is C22H25ClN4O3S. The zero-order valence-corrected chi connectivity index (χ0v) is 19.6. The second kappa shape index (κ2) is 10.3. The topological polar surface area (TPSA) is 89.9 Å². The van der Waals surface area contributed by atoms with Gasteiger partial charge in [0, 0.05) is 42.1 Å². The largest absolute Gasteiger partial charge is 0.385 e. The Hall–Kier alpha value is -2.42. The minimum atomic E-state index is -0.0856. The summed E-state index contributed by atoms with van der Waals surface area (Å²) < 4.78 is 7.17. The molecule has 31 heavy (non-hydrogen) atoms. The van der Waals surface area contributed by atoms with Crippen molar-refractivity contribution in [2.24, 2.45) is 0 Å². The van der Waals surface area contributed by atoms with Crippen LogP contribution in [0.15, 0.2) is 29.4 Å². The maximum Gasteiger partial charge on any atom is 0.191 e. The van der Waals surface area contributed by atoms with Crippen LogP contribution in [0.5, 0.6) is 0 Å². The molecule has 0 unspecified atom stereocenters. The van der Waals surface area contributed by atoms with Gasteiger partial charge in [-0.2, -0.15) is 0 Å². The molecule has 164 valence electrons. The Kier molecular flexibility index (Phi) is 7.69. The third kappa shape index (κ3) is 5.26. The molecule has 3 rings (SSSR count). The highest BCUT2D eigenvalue weighted by molar-refractivity contribution is 7.99. The number of carbonyl (C=O) groups excluding carboxylic acids is 2. The van der Waals surface area contributed by atoms with E-state index in [0.29, 0.717) is 51.7 Å². The molecule has 0 aliphatic rings. The number of aryl methyl sites for hydroxylation is 1. The van der Waals surface area contributed by atoms with Crippen LogP contribution in [0, 0.1) is 13.8 Å². The maximum absolute atomic E-state index is 12.9. The number of hydrogen-bond donors (Lipinski definition) is 1. The number of aromatic nitrogens is 4. The molecule has 1 N–H and O–H groups in total. The van der Waals surface area contributed by atoms with Crippen LogP contribution in [-0.4, -0.2) is 50.8 Å². The van der Waals surface area contributed by atoms with Gasteiger partial charge in [-0.15, -0.1) is 10.2 Å². The lowest BCUT2D eigenvalue weighted by Crippen LogP contribution is -2.09. The Bertz CT molecular complexity index is 1090. The molecule has 0 spiro atoms. The summed E-state index contributed by atoms with van der Waals surface area (Å²) in [4.78, 5) is 27.8. The lowest BCUT2D eigenvalue weighted by atomic mass is 10.1. The van der Waals surface area contributed by atoms with Crippen LogP contribution in [-0.2, 0) is 11.3 Å². The van der Waals surface area contributed by atoms with E-state index < -0.39 is 0 Å². The lowest BCUT2D eigenvalue weighted by molar-refractivity contribution is 0.101. The number of carbonyl (C=O) groups is 2. The van der Waals surface area contributed by atoms with Crippen LogP contribution in [0.1, 0.15) is 45.4 Å². The maximum atomic E-state index is 12.9. The van der Waals surface area contributed by atoms with Crippen molar-refractivity contribution in [3.8, 4) is 11.4 Å². The molecule has 0 radical (unpaired) electrons. The first kappa shape index (κ1) is 23.2. The molecule has 0 amide bonds. The lowest BCUT2D eigenvalue weighted by Gasteiger charge is -2.10. The van der Waals surface area contributed by atoms with Gasteiger partial charge in [0.05, 0.1) is 11.4 Å². The molecule has 0 saturated carbocycles. The average molecular weight is 461 g/mol. The highest BCUT2D eigenvalue weighted by atomic mass is 35.5. The van der Waals surface area contributed by atoms with Crippen LogP contribution in [0.2, 0.25) is 5.02 Å². The number of benzene rings is 1. The van der Waals surface area contributed by atoms with E-state index in [-0.39, 0.29) is 17.3 Å². The summed E-state index contributed by atoms with van der Waals surface area (Å²) in [6.07, 6.45) is 0.785. The summed E-state index contributed by atoms with van der Waals surface area (Å²) in [6, 6.07) is 7.41. The Morgan fingerprint density at radius 3 is 2.52 bits per heavy atom. The first-order chi connectivity index (χ1) is 14.8. The average Bonchev–Trinajstić information content (AvgIpc) is 3.27. The van der Waals surface area contributed by atoms with Gasteiger partial charge in [-0.05, 0) is 57.0 Å². The molecule has 0 aliphatic carbocycles. The third-order valence-electron chi connectivity index (χ3n) is 4.95. The molecule has 7 nitrogen and oxygen atoms in total. The van der Waals surface area contributed by atoms with Gasteiger partial charge in [0.15, 0.2) is 22.5 Å². The van der Waals surface area contributed by atoms with E-state index in [4.69, 9.17) is 16.3 Å². The number of halogens is 1. The van der Waals surface area contributed by atoms with E-state index in [1.165, 1.54) is 18.7 Å². The number of methoxy groups -OCH3 is 1. The first-order valence-electron chi connectivity index (χ1n) is 9.87. The summed E-state index contributed by atoms with van der Waals surface area (Å²) in [6.45, 7) is 6.37. The van der Waals surface area contributed by atoms with E-state index >= 15 is 0 Å². The van der Waals surface area contributed by atoms with Crippen molar-refractivity contribution in [1.82, 2.24) is 19.7 Å². The molecule has 1 aromatic carbocycles. The highest BCUT2D eigenvalue weighted by Gasteiger charge is 2.21. The van der Waals surface area contributed by atoms with E-state index in [9.17, 15) is 9.59 Å². The number of nitrogens with zero attached hydrogens (tertiary/aromatic N) is 3. The number of aromatic amines is 1. The standard InChI is InChI=1S/C22H25ClN4O3S/c1-13-19(15(3)28)14(2)24-20(13)18(29)12-31-22-26-25-21(27(22)10-5-11-30-4)16-6-8-17(23)9-7-16/h6-9,24H,5,10-12H2,1-4H3. The van der Waals surface area contributed by atoms with Crippen LogP contribution in [0.3, 0.4) is 0 Å². The van der Waals surface area contributed by atoms with Gasteiger partial charge in [0.2, 0.25) is 0 Å². The summed E-state index contributed by atoms with van der Waals surface area (Å²) in [5.41, 5.74) is 3.36. The molecule has 0 saturated heterocycles. The minimum absolute atomic E-state index is 0.0524. The number of ketones is 2. The molecule has 0 aliphatic heterocycles. The SMILES string of the molecule is COCCCn1c(SCC(=O)c2[nH]c(C)c(C(C)=O)c2C)nnc1-c1ccc(Cl)cc1. The minimum Gasteiger partial charge on any atom is -0.385 e. The van der Waals surface area contributed by atoms with Gasteiger partial charge in [0.1, 0.15) is 0 Å². The summed E-state index contributed by atoms with van der Waals surface area (Å²) >= 11 is 7.34. The number of thioether (sulfide) groups is 1. The second-order valence-electron chi connectivity index (χ2n) is 7.20. The van der Waals surface area contributed by atoms with Gasteiger partial charge in [0.25, 0.3) is 0 Å². The number of H-pyrrole nitrogens is 1. The number of nitrogens with one attached hydrogen (secondary N) is 1. The van der Waals surface area contributed by atoms with Crippen molar-refractivity contribution in [3.63, 3.8) is 0 Å². The van der Waals surface area contributed by atoms with Crippen LogP contribution in [0.25, 0.3) is 11.4 Å². The molecule has 2 heterocycles. The van der Waals surface area contributed by atoms with E-state index in [1.807, 2.05) is 28.8 Å². The molecular weight excluding hydrogens is 436 g/mol. The third-order valence-corrected chi connectivity index (χ3v) is 6.17. The van der Waals surface area contributed by atoms with Gasteiger partial charge in [-0.1, -0.05) is 23.4 Å². The summed E-state index contributed by atoms with van der Waals surface area (Å²) in [7, 11) is 1.66. The molecule has 3 aromatic rings. The van der Waals surface area contributed by atoms with Crippen molar-refractivity contribution >= 4 is 34.9 Å². The second-order valence-corrected chi connectivity index (χ2v) is 8.58. The fraction of sp³-hybridized carbons (Fsp3) is 0.364. The Morgan fingerprint density at radius 1 is 1.19 bits per heavy atom. The molecule has 0 fully saturated rings. The van der Waals surface area contributed by atoms with Crippen LogP contribution >= 0.6 is 23.4 Å². The highest BCUT2D eigenvalue weighted by Crippen LogP contribution is 2.27. The monoisotopic (exact) mass is 460 g/mol. The fourth-order valence-corrected chi connectivity index (χ4v) is 4.50. The zero-order valence-electron chi connectivity index (χ0n) is 18.0. The van der Waals surface area contributed by atoms with Crippen molar-refractivity contribution in [2.45, 2.75) is 38.9 Å². The molecule has 9 heteroatoms. The summed E-state index contributed by atoms with van der Waals surface area (Å²) in [5.74, 6) is 0.760. The first-order valence-corrected chi connectivity index (χ1v) is 11.2. The number of rotatable bonds is 10. The van der Waals surface area contributed by atoms with Crippen molar-refractivity contribution < 1.29 is 14.3 Å². The van der Waals surface area contributed by atoms with Crippen LogP contribution in [0.4, 0.5) is 0 Å². The normalized spacial score (nSPS) is 11.1. The Morgan fingerprint density at radius 2 is 1.90 bits per heavy atom. The van der Waals surface area contributed by atoms with Gasteiger partial charge in [-0.25, -0.2) is 0 Å². The number of ether oxygens (including phenoxy) is 1. The molecule has 0 atom stereocenters. The fourth-order valence-electron chi connectivity index (χ4n) is 3.54. The number of Topliss-reactive ketones (excluding diaryl/α,β-unsaturated/α-hetero) is 2. The van der Waals surface area contributed by atoms with Crippen LogP contribution < -0.4 is 0 Å². The van der Waals surface area contributed by atoms with Crippen molar-refractivity contribution in [1.29, 1.82) is 0 Å². The Balaban J connectivity index is 1.82. The van der Waals surface area contributed by atoms with Crippen molar-refractivity contribution in [3.05, 3.63) is 51.8 Å². The summed E-state index contributed by atoms with van der Waals surface area (Å²) in [5, 5.41) is 9.97. The van der Waals surface area contributed by atoms with E-state index in [1.54, 1.807) is 21.0 Å². The van der Waals surface area contributed by atoms with E-state index in [2.05, 4.69) is 15.2 Å². The number of hydrogen-bond acceptors (Lipinski definition) is 6. The van der Waals surface area contributed by atoms with Crippen molar-refractivity contribution in [2.75, 3.05) is 19.5 Å². The molecule has 2 aromatic heterocycles. The van der Waals surface area contributed by atoms with Gasteiger partial charge < -0.3 is 14.3 Å². The zero-order chi connectivity index (χ0) is 22.5. The predicted octanol–water partition coefficient (Wildman–Crippen LogP) is 4.76. The quantitative estimate of drug-likeness (QED) is 0.266. The smallest absolute Gasteiger partial charge is 0.191 e. The van der Waals surface area contributed by atoms with Gasteiger partial charge in [-0.3, -0.25) is 9.59 Å².